The van der Waals surface area contributed by atoms with Crippen LogP contribution < -0.4 is 0 Å². The lowest BCUT2D eigenvalue weighted by Gasteiger charge is -2.16. The summed E-state index contributed by atoms with van der Waals surface area (Å²) < 4.78 is 7.69. The molecule has 1 aliphatic heterocycles. The van der Waals surface area contributed by atoms with Gasteiger partial charge in [-0.1, -0.05) is 4.58 Å². The molecule has 0 saturated heterocycles. The van der Waals surface area contributed by atoms with Crippen molar-refractivity contribution in [2.45, 2.75) is 32.8 Å². The maximum Gasteiger partial charge on any atom is 0.602 e. The summed E-state index contributed by atoms with van der Waals surface area (Å²) in [5.41, 5.74) is 1.18. The van der Waals surface area contributed by atoms with Crippen LogP contribution in [0.25, 0.3) is 0 Å². The number of hydrogen-bond acceptors (Lipinski definition) is 3. The second-order valence-electron chi connectivity index (χ2n) is 4.86. The zero-order valence-corrected chi connectivity index (χ0v) is 11.6. The standard InChI is InChI=1S/C12H14BrN2O2/c1-12(2,3)17-11(16)15-5-4-9-10(15)6-8(13)7-14-9/h5-7H,4H2,1-3H3/q+1. The summed E-state index contributed by atoms with van der Waals surface area (Å²) in [5, 5.41) is 0. The lowest BCUT2D eigenvalue weighted by molar-refractivity contribution is -0.356. The van der Waals surface area contributed by atoms with Gasteiger partial charge in [0.1, 0.15) is 11.3 Å². The molecule has 0 aliphatic carbocycles. The molecule has 2 rings (SSSR count). The predicted octanol–water partition coefficient (Wildman–Crippen LogP) is 3.05. The molecule has 0 fully saturated rings. The number of carbonyl (C=O) groups excluding carboxylic acids is 1. The summed E-state index contributed by atoms with van der Waals surface area (Å²) in [5.74, 6) is 0. The van der Waals surface area contributed by atoms with Gasteiger partial charge in [-0.25, -0.2) is 0 Å². The van der Waals surface area contributed by atoms with E-state index in [2.05, 4.69) is 20.9 Å². The Bertz CT molecular complexity index is 504. The minimum atomic E-state index is -0.493. The number of fused-ring (bicyclic) bond motifs is 1. The predicted molar refractivity (Wildman–Crippen MR) is 67.9 cm³/mol. The molecule has 0 radical (unpaired) electrons. The Balaban J connectivity index is 2.27. The summed E-state index contributed by atoms with van der Waals surface area (Å²) in [6, 6.07) is 1.87. The fourth-order valence-corrected chi connectivity index (χ4v) is 1.90. The Labute approximate surface area is 108 Å². The van der Waals surface area contributed by atoms with Crippen LogP contribution in [0.15, 0.2) is 16.7 Å². The number of ether oxygens (including phenoxy) is 1. The van der Waals surface area contributed by atoms with Crippen molar-refractivity contribution in [3.8, 4) is 0 Å². The highest BCUT2D eigenvalue weighted by atomic mass is 79.9. The molecule has 0 spiro atoms. The van der Waals surface area contributed by atoms with E-state index in [0.29, 0.717) is 6.42 Å². The molecule has 0 saturated carbocycles. The van der Waals surface area contributed by atoms with Crippen molar-refractivity contribution in [3.63, 3.8) is 0 Å². The van der Waals surface area contributed by atoms with Gasteiger partial charge in [-0.2, -0.15) is 4.79 Å². The summed E-state index contributed by atoms with van der Waals surface area (Å²) in [7, 11) is 0. The van der Waals surface area contributed by atoms with Crippen molar-refractivity contribution in [2.24, 2.45) is 0 Å². The molecule has 4 nitrogen and oxygen atoms in total. The van der Waals surface area contributed by atoms with Crippen LogP contribution >= 0.6 is 15.9 Å². The van der Waals surface area contributed by atoms with Crippen LogP contribution in [-0.2, 0) is 11.2 Å². The first-order valence-electron chi connectivity index (χ1n) is 5.37. The number of pyridine rings is 1. The molecule has 17 heavy (non-hydrogen) atoms. The van der Waals surface area contributed by atoms with Crippen LogP contribution in [0.3, 0.4) is 0 Å². The van der Waals surface area contributed by atoms with Crippen LogP contribution in [0.4, 0.5) is 10.5 Å². The van der Waals surface area contributed by atoms with Crippen LogP contribution in [0, 0.1) is 0 Å². The van der Waals surface area contributed by atoms with E-state index in [9.17, 15) is 4.79 Å². The lowest BCUT2D eigenvalue weighted by atomic mass is 10.2. The maximum absolute atomic E-state index is 12.0. The van der Waals surface area contributed by atoms with Gasteiger partial charge in [0.2, 0.25) is 5.69 Å². The maximum atomic E-state index is 12.0. The van der Waals surface area contributed by atoms with E-state index in [1.165, 1.54) is 4.58 Å². The van der Waals surface area contributed by atoms with Crippen LogP contribution in [0.1, 0.15) is 26.5 Å². The largest absolute Gasteiger partial charge is 0.602 e. The molecule has 0 bridgehead atoms. The number of aromatic nitrogens is 1. The Hall–Kier alpha value is -1.23. The van der Waals surface area contributed by atoms with E-state index < -0.39 is 5.60 Å². The average molecular weight is 298 g/mol. The molecule has 2 heterocycles. The van der Waals surface area contributed by atoms with E-state index >= 15 is 0 Å². The fraction of sp³-hybridized carbons (Fsp3) is 0.417. The molecule has 1 aromatic rings. The molecule has 0 atom stereocenters. The van der Waals surface area contributed by atoms with Gasteiger partial charge in [0, 0.05) is 16.7 Å². The van der Waals surface area contributed by atoms with Crippen molar-refractivity contribution in [2.75, 3.05) is 0 Å². The molecular weight excluding hydrogens is 284 g/mol. The number of halogens is 1. The van der Waals surface area contributed by atoms with Crippen molar-refractivity contribution in [3.05, 3.63) is 22.4 Å². The minimum absolute atomic E-state index is 0.365. The minimum Gasteiger partial charge on any atom is -0.406 e. The normalized spacial score (nSPS) is 14.2. The second kappa shape index (κ2) is 4.22. The van der Waals surface area contributed by atoms with E-state index in [4.69, 9.17) is 4.74 Å². The third-order valence-corrected chi connectivity index (χ3v) is 2.66. The van der Waals surface area contributed by atoms with Crippen molar-refractivity contribution >= 4 is 33.9 Å². The van der Waals surface area contributed by atoms with Crippen molar-refractivity contribution in [1.29, 1.82) is 0 Å². The van der Waals surface area contributed by atoms with Crippen LogP contribution in [0.5, 0.6) is 0 Å². The van der Waals surface area contributed by atoms with Gasteiger partial charge in [0.15, 0.2) is 6.21 Å². The first-order chi connectivity index (χ1) is 7.87. The molecule has 1 aromatic heterocycles. The summed E-state index contributed by atoms with van der Waals surface area (Å²) in [6.45, 7) is 5.54. The smallest absolute Gasteiger partial charge is 0.406 e. The number of carbonyl (C=O) groups is 1. The van der Waals surface area contributed by atoms with E-state index in [1.54, 1.807) is 12.4 Å². The van der Waals surface area contributed by atoms with E-state index in [-0.39, 0.29) is 6.09 Å². The second-order valence-corrected chi connectivity index (χ2v) is 5.77. The zero-order chi connectivity index (χ0) is 12.6. The number of hydrogen-bond donors (Lipinski definition) is 0. The van der Waals surface area contributed by atoms with Gasteiger partial charge in [-0.15, -0.1) is 0 Å². The number of rotatable bonds is 0. The van der Waals surface area contributed by atoms with Gasteiger partial charge in [-0.3, -0.25) is 4.98 Å². The third kappa shape index (κ3) is 2.72. The summed E-state index contributed by atoms with van der Waals surface area (Å²) in [6.07, 6.45) is 3.81. The van der Waals surface area contributed by atoms with Crippen LogP contribution in [0.2, 0.25) is 0 Å². The molecule has 0 unspecified atom stereocenters. The molecular formula is C12H14BrN2O2+. The molecule has 0 aromatic carbocycles. The zero-order valence-electron chi connectivity index (χ0n) is 10.0. The van der Waals surface area contributed by atoms with Gasteiger partial charge >= 0.3 is 6.09 Å². The Morgan fingerprint density at radius 2 is 2.24 bits per heavy atom. The highest BCUT2D eigenvalue weighted by Gasteiger charge is 2.34. The highest BCUT2D eigenvalue weighted by molar-refractivity contribution is 9.10. The lowest BCUT2D eigenvalue weighted by Crippen LogP contribution is -2.28. The Morgan fingerprint density at radius 1 is 1.53 bits per heavy atom. The molecule has 0 N–H and O–H groups in total. The monoisotopic (exact) mass is 297 g/mol. The summed E-state index contributed by atoms with van der Waals surface area (Å²) in [4.78, 5) is 16.2. The Morgan fingerprint density at radius 3 is 2.88 bits per heavy atom. The fourth-order valence-electron chi connectivity index (χ4n) is 1.58. The average Bonchev–Trinajstić information content (AvgIpc) is 2.57. The molecule has 5 heteroatoms. The molecule has 90 valence electrons. The number of nitrogens with zero attached hydrogens (tertiary/aromatic N) is 2. The molecule has 1 aliphatic rings. The van der Waals surface area contributed by atoms with Gasteiger partial charge < -0.3 is 4.74 Å². The summed E-state index contributed by atoms with van der Waals surface area (Å²) >= 11 is 3.35. The van der Waals surface area contributed by atoms with Gasteiger partial charge in [-0.05, 0) is 36.7 Å². The van der Waals surface area contributed by atoms with E-state index in [0.717, 1.165) is 15.9 Å². The quantitative estimate of drug-likeness (QED) is 0.691. The highest BCUT2D eigenvalue weighted by Crippen LogP contribution is 2.26. The first kappa shape index (κ1) is 12.2. The van der Waals surface area contributed by atoms with Crippen molar-refractivity contribution in [1.82, 2.24) is 4.98 Å². The topological polar surface area (TPSA) is 42.2 Å². The third-order valence-electron chi connectivity index (χ3n) is 2.23. The number of amides is 1. The van der Waals surface area contributed by atoms with Gasteiger partial charge in [0.25, 0.3) is 0 Å². The van der Waals surface area contributed by atoms with Crippen LogP contribution in [-0.4, -0.2) is 27.5 Å². The SMILES string of the molecule is CC(C)(C)OC(=O)[N+]1=CCc2ncc(Br)cc21. The van der Waals surface area contributed by atoms with E-state index in [1.807, 2.05) is 26.8 Å². The Kier molecular flexibility index (Phi) is 3.03. The molecule has 1 amide bonds. The van der Waals surface area contributed by atoms with Gasteiger partial charge in [0.05, 0.1) is 6.42 Å². The first-order valence-corrected chi connectivity index (χ1v) is 6.16. The van der Waals surface area contributed by atoms with Crippen molar-refractivity contribution < 1.29 is 14.1 Å².